The van der Waals surface area contributed by atoms with Crippen LogP contribution in [0, 0.1) is 0 Å². The third-order valence-electron chi connectivity index (χ3n) is 3.25. The Morgan fingerprint density at radius 1 is 1.00 bits per heavy atom. The Hall–Kier alpha value is -0.940. The minimum Gasteiger partial charge on any atom is -0.332 e. The highest BCUT2D eigenvalue weighted by atomic mass is 19.4. The first kappa shape index (κ1) is 16.1. The number of unbranched alkanes of at least 4 members (excludes halogenated alkanes) is 4. The van der Waals surface area contributed by atoms with Crippen LogP contribution in [-0.4, -0.2) is 41.7 Å². The minimum atomic E-state index is -4.25. The van der Waals surface area contributed by atoms with E-state index in [0.29, 0.717) is 13.1 Å². The standard InChI is InChI=1S/C13H24F3N3/c1-3-5-7-8-10-19-12(13(14,15)16)18(11-17-19)9-6-4-2/h11-12H,3-10H2,1-2H3. The van der Waals surface area contributed by atoms with Crippen molar-refractivity contribution < 1.29 is 13.2 Å². The maximum Gasteiger partial charge on any atom is 0.429 e. The largest absolute Gasteiger partial charge is 0.429 e. The summed E-state index contributed by atoms with van der Waals surface area (Å²) in [4.78, 5) is 1.31. The van der Waals surface area contributed by atoms with Crippen LogP contribution in [0.3, 0.4) is 0 Å². The molecule has 1 heterocycles. The van der Waals surface area contributed by atoms with Crippen LogP contribution in [0.15, 0.2) is 5.10 Å². The molecule has 1 rings (SSSR count). The van der Waals surface area contributed by atoms with Gasteiger partial charge in [-0.05, 0) is 12.8 Å². The van der Waals surface area contributed by atoms with Crippen LogP contribution in [0.1, 0.15) is 52.4 Å². The van der Waals surface area contributed by atoms with Crippen LogP contribution in [0.25, 0.3) is 0 Å². The maximum atomic E-state index is 13.1. The zero-order valence-corrected chi connectivity index (χ0v) is 11.8. The molecule has 0 aromatic carbocycles. The van der Waals surface area contributed by atoms with E-state index >= 15 is 0 Å². The molecule has 0 aliphatic carbocycles. The van der Waals surface area contributed by atoms with Crippen molar-refractivity contribution >= 4 is 6.34 Å². The predicted octanol–water partition coefficient (Wildman–Crippen LogP) is 3.82. The second-order valence-corrected chi connectivity index (χ2v) is 4.96. The SMILES string of the molecule is CCCCCCN1N=CN(CCCC)C1C(F)(F)F. The fourth-order valence-corrected chi connectivity index (χ4v) is 2.19. The minimum absolute atomic E-state index is 0.378. The summed E-state index contributed by atoms with van der Waals surface area (Å²) >= 11 is 0. The Labute approximate surface area is 113 Å². The van der Waals surface area contributed by atoms with Crippen LogP contribution in [0.5, 0.6) is 0 Å². The number of halogens is 3. The summed E-state index contributed by atoms with van der Waals surface area (Å²) in [5, 5.41) is 5.12. The molecule has 0 aromatic rings. The average molecular weight is 279 g/mol. The van der Waals surface area contributed by atoms with Gasteiger partial charge in [0.1, 0.15) is 6.34 Å². The van der Waals surface area contributed by atoms with Gasteiger partial charge in [0, 0.05) is 13.1 Å². The van der Waals surface area contributed by atoms with E-state index < -0.39 is 12.3 Å². The lowest BCUT2D eigenvalue weighted by Crippen LogP contribution is -2.50. The molecule has 6 heteroatoms. The highest BCUT2D eigenvalue weighted by molar-refractivity contribution is 5.57. The predicted molar refractivity (Wildman–Crippen MR) is 70.8 cm³/mol. The molecule has 1 aliphatic heterocycles. The molecule has 0 radical (unpaired) electrons. The Morgan fingerprint density at radius 2 is 1.68 bits per heavy atom. The molecule has 1 aliphatic rings. The molecular formula is C13H24F3N3. The van der Waals surface area contributed by atoms with Crippen molar-refractivity contribution in [2.45, 2.75) is 64.7 Å². The van der Waals surface area contributed by atoms with Gasteiger partial charge in [0.25, 0.3) is 0 Å². The Balaban J connectivity index is 2.53. The molecule has 0 spiro atoms. The zero-order chi connectivity index (χ0) is 14.3. The van der Waals surface area contributed by atoms with Gasteiger partial charge in [-0.15, -0.1) is 0 Å². The molecule has 0 amide bonds. The van der Waals surface area contributed by atoms with Gasteiger partial charge < -0.3 is 4.90 Å². The van der Waals surface area contributed by atoms with E-state index in [2.05, 4.69) is 12.0 Å². The fourth-order valence-electron chi connectivity index (χ4n) is 2.19. The van der Waals surface area contributed by atoms with Gasteiger partial charge in [0.2, 0.25) is 6.17 Å². The highest BCUT2D eigenvalue weighted by Crippen LogP contribution is 2.30. The molecule has 1 unspecified atom stereocenters. The number of hydrogen-bond acceptors (Lipinski definition) is 3. The first-order chi connectivity index (χ1) is 9.00. The van der Waals surface area contributed by atoms with E-state index in [-0.39, 0.29) is 0 Å². The average Bonchev–Trinajstić information content (AvgIpc) is 2.75. The number of nitrogens with zero attached hydrogens (tertiary/aromatic N) is 3. The van der Waals surface area contributed by atoms with Gasteiger partial charge in [0.05, 0.1) is 0 Å². The molecule has 3 nitrogen and oxygen atoms in total. The first-order valence-electron chi connectivity index (χ1n) is 7.14. The monoisotopic (exact) mass is 279 g/mol. The smallest absolute Gasteiger partial charge is 0.332 e. The van der Waals surface area contributed by atoms with E-state index in [4.69, 9.17) is 0 Å². The highest BCUT2D eigenvalue weighted by Gasteiger charge is 2.49. The van der Waals surface area contributed by atoms with Crippen molar-refractivity contribution in [3.8, 4) is 0 Å². The summed E-state index contributed by atoms with van der Waals surface area (Å²) in [7, 11) is 0. The van der Waals surface area contributed by atoms with E-state index in [1.165, 1.54) is 16.2 Å². The summed E-state index contributed by atoms with van der Waals surface area (Å²) in [5.41, 5.74) is 0. The van der Waals surface area contributed by atoms with E-state index in [0.717, 1.165) is 38.5 Å². The molecular weight excluding hydrogens is 255 g/mol. The maximum absolute atomic E-state index is 13.1. The van der Waals surface area contributed by atoms with Crippen LogP contribution in [0.4, 0.5) is 13.2 Å². The number of rotatable bonds is 8. The lowest BCUT2D eigenvalue weighted by atomic mass is 10.2. The zero-order valence-electron chi connectivity index (χ0n) is 11.8. The topological polar surface area (TPSA) is 18.8 Å². The van der Waals surface area contributed by atoms with Crippen LogP contribution in [0.2, 0.25) is 0 Å². The molecule has 0 bridgehead atoms. The molecule has 0 N–H and O–H groups in total. The van der Waals surface area contributed by atoms with Gasteiger partial charge >= 0.3 is 6.18 Å². The molecule has 112 valence electrons. The Morgan fingerprint density at radius 3 is 2.26 bits per heavy atom. The van der Waals surface area contributed by atoms with E-state index in [9.17, 15) is 13.2 Å². The van der Waals surface area contributed by atoms with Crippen molar-refractivity contribution in [1.29, 1.82) is 0 Å². The van der Waals surface area contributed by atoms with Crippen molar-refractivity contribution in [1.82, 2.24) is 9.91 Å². The van der Waals surface area contributed by atoms with Gasteiger partial charge in [-0.25, -0.2) is 0 Å². The second-order valence-electron chi connectivity index (χ2n) is 4.96. The van der Waals surface area contributed by atoms with Crippen LogP contribution < -0.4 is 0 Å². The third-order valence-corrected chi connectivity index (χ3v) is 3.25. The van der Waals surface area contributed by atoms with Crippen LogP contribution >= 0.6 is 0 Å². The van der Waals surface area contributed by atoms with Crippen molar-refractivity contribution in [2.24, 2.45) is 5.10 Å². The van der Waals surface area contributed by atoms with Crippen LogP contribution in [-0.2, 0) is 0 Å². The van der Waals surface area contributed by atoms with Gasteiger partial charge in [0.15, 0.2) is 0 Å². The third kappa shape index (κ3) is 4.91. The number of alkyl halides is 3. The van der Waals surface area contributed by atoms with Gasteiger partial charge in [-0.2, -0.15) is 18.3 Å². The second kappa shape index (κ2) is 7.60. The van der Waals surface area contributed by atoms with Gasteiger partial charge in [-0.3, -0.25) is 5.01 Å². The Kier molecular flexibility index (Phi) is 6.45. The molecule has 1 atom stereocenters. The summed E-state index contributed by atoms with van der Waals surface area (Å²) in [6.45, 7) is 4.84. The molecule has 0 saturated carbocycles. The summed E-state index contributed by atoms with van der Waals surface area (Å²) < 4.78 is 39.3. The van der Waals surface area contributed by atoms with Gasteiger partial charge in [-0.1, -0.05) is 39.5 Å². The molecule has 19 heavy (non-hydrogen) atoms. The molecule has 0 aromatic heterocycles. The van der Waals surface area contributed by atoms with Crippen molar-refractivity contribution in [3.63, 3.8) is 0 Å². The quantitative estimate of drug-likeness (QED) is 0.629. The van der Waals surface area contributed by atoms with E-state index in [1.54, 1.807) is 0 Å². The van der Waals surface area contributed by atoms with E-state index in [1.807, 2.05) is 6.92 Å². The molecule has 0 fully saturated rings. The number of hydrogen-bond donors (Lipinski definition) is 0. The van der Waals surface area contributed by atoms with Crippen molar-refractivity contribution in [2.75, 3.05) is 13.1 Å². The normalized spacial score (nSPS) is 19.5. The summed E-state index contributed by atoms with van der Waals surface area (Å²) in [5.74, 6) is 0. The first-order valence-corrected chi connectivity index (χ1v) is 7.14. The lowest BCUT2D eigenvalue weighted by Gasteiger charge is -2.32. The molecule has 0 saturated heterocycles. The Bertz CT molecular complexity index is 279. The fraction of sp³-hybridized carbons (Fsp3) is 0.923. The lowest BCUT2D eigenvalue weighted by molar-refractivity contribution is -0.207. The summed E-state index contributed by atoms with van der Waals surface area (Å²) in [6, 6.07) is 0. The summed E-state index contributed by atoms with van der Waals surface area (Å²) in [6.07, 6.45) is 1.01. The van der Waals surface area contributed by atoms with Crippen molar-refractivity contribution in [3.05, 3.63) is 0 Å². The number of hydrazone groups is 1.